The van der Waals surface area contributed by atoms with Crippen LogP contribution in [0.25, 0.3) is 0 Å². The molecule has 0 saturated carbocycles. The molecule has 3 aliphatic rings. The molecule has 0 unspecified atom stereocenters. The molecule has 2 saturated heterocycles. The van der Waals surface area contributed by atoms with E-state index in [9.17, 15) is 9.59 Å². The molecule has 2 amide bonds. The van der Waals surface area contributed by atoms with Crippen LogP contribution in [-0.4, -0.2) is 52.1 Å². The zero-order valence-electron chi connectivity index (χ0n) is 16.0. The van der Waals surface area contributed by atoms with Crippen molar-refractivity contribution in [1.29, 1.82) is 0 Å². The fourth-order valence-corrected chi connectivity index (χ4v) is 5.60. The summed E-state index contributed by atoms with van der Waals surface area (Å²) in [6.07, 6.45) is 2.21. The number of rotatable bonds is 5. The maximum atomic E-state index is 12.6. The molecule has 1 aromatic rings. The molecule has 3 aliphatic heterocycles. The summed E-state index contributed by atoms with van der Waals surface area (Å²) >= 11 is 1.70. The number of hydrogen-bond donors (Lipinski definition) is 1. The molecule has 2 atom stereocenters. The van der Waals surface area contributed by atoms with E-state index in [0.717, 1.165) is 24.2 Å². The molecule has 27 heavy (non-hydrogen) atoms. The van der Waals surface area contributed by atoms with Gasteiger partial charge in [-0.2, -0.15) is 0 Å². The van der Waals surface area contributed by atoms with Crippen molar-refractivity contribution in [2.75, 3.05) is 18.9 Å². The first-order valence-corrected chi connectivity index (χ1v) is 10.5. The molecule has 0 aromatic heterocycles. The molecule has 6 nitrogen and oxygen atoms in total. The number of carbonyl (C=O) groups excluding carboxylic acids is 2. The lowest BCUT2D eigenvalue weighted by atomic mass is 10.0. The van der Waals surface area contributed by atoms with Crippen molar-refractivity contribution in [1.82, 2.24) is 10.2 Å². The lowest BCUT2D eigenvalue weighted by molar-refractivity contribution is -0.137. The Hall–Kier alpha value is -1.89. The Morgan fingerprint density at radius 1 is 1.41 bits per heavy atom. The van der Waals surface area contributed by atoms with Crippen LogP contribution in [0.1, 0.15) is 39.2 Å². The van der Waals surface area contributed by atoms with Crippen LogP contribution >= 0.6 is 11.8 Å². The lowest BCUT2D eigenvalue weighted by Gasteiger charge is -2.29. The summed E-state index contributed by atoms with van der Waals surface area (Å²) in [5.74, 6) is 2.16. The van der Waals surface area contributed by atoms with Crippen molar-refractivity contribution in [3.05, 3.63) is 23.8 Å². The van der Waals surface area contributed by atoms with E-state index >= 15 is 0 Å². The van der Waals surface area contributed by atoms with Crippen molar-refractivity contribution >= 4 is 23.6 Å². The van der Waals surface area contributed by atoms with Crippen molar-refractivity contribution in [3.8, 4) is 11.5 Å². The molecule has 0 bridgehead atoms. The van der Waals surface area contributed by atoms with Crippen LogP contribution < -0.4 is 14.8 Å². The Bertz CT molecular complexity index is 781. The highest BCUT2D eigenvalue weighted by molar-refractivity contribution is 8.01. The summed E-state index contributed by atoms with van der Waals surface area (Å²) in [5.41, 5.74) is 0.932. The minimum absolute atomic E-state index is 0.0820. The molecule has 1 N–H and O–H groups in total. The molecule has 1 aromatic carbocycles. The fraction of sp³-hybridized carbons (Fsp3) is 0.600. The molecule has 0 aliphatic carbocycles. The number of thioether (sulfide) groups is 1. The molecule has 0 spiro atoms. The van der Waals surface area contributed by atoms with Crippen LogP contribution in [0.2, 0.25) is 0 Å². The van der Waals surface area contributed by atoms with Gasteiger partial charge in [-0.25, -0.2) is 0 Å². The first-order chi connectivity index (χ1) is 12.8. The molecular weight excluding hydrogens is 364 g/mol. The predicted octanol–water partition coefficient (Wildman–Crippen LogP) is 2.35. The second-order valence-corrected chi connectivity index (χ2v) is 9.69. The van der Waals surface area contributed by atoms with Crippen molar-refractivity contribution in [2.45, 2.75) is 56.5 Å². The van der Waals surface area contributed by atoms with Gasteiger partial charge in [0.2, 0.25) is 11.8 Å². The van der Waals surface area contributed by atoms with Gasteiger partial charge in [-0.3, -0.25) is 9.59 Å². The molecule has 2 fully saturated rings. The third kappa shape index (κ3) is 3.37. The van der Waals surface area contributed by atoms with Crippen LogP contribution in [0.3, 0.4) is 0 Å². The maximum absolute atomic E-state index is 12.6. The van der Waals surface area contributed by atoms with E-state index in [1.165, 1.54) is 0 Å². The third-order valence-corrected chi connectivity index (χ3v) is 6.97. The van der Waals surface area contributed by atoms with E-state index in [1.807, 2.05) is 12.1 Å². The first-order valence-electron chi connectivity index (χ1n) is 9.47. The highest BCUT2D eigenvalue weighted by atomic mass is 32.2. The number of benzene rings is 1. The van der Waals surface area contributed by atoms with Gasteiger partial charge in [0.15, 0.2) is 11.5 Å². The highest BCUT2D eigenvalue weighted by Crippen LogP contribution is 2.47. The molecular formula is C20H26N2O4S. The van der Waals surface area contributed by atoms with Crippen LogP contribution in [-0.2, 0) is 16.0 Å². The van der Waals surface area contributed by atoms with E-state index in [4.69, 9.17) is 9.47 Å². The minimum atomic E-state index is -0.375. The topological polar surface area (TPSA) is 67.9 Å². The van der Waals surface area contributed by atoms with Gasteiger partial charge in [0.25, 0.3) is 0 Å². The van der Waals surface area contributed by atoms with E-state index in [-0.39, 0.29) is 28.3 Å². The van der Waals surface area contributed by atoms with Crippen molar-refractivity contribution in [2.24, 2.45) is 0 Å². The molecule has 3 heterocycles. The SMILES string of the molecule is CC1(C)Cc2cccc(OCCNC(=O)[C@@H]3CS[C@]4(C)CCC(=O)N34)c2O1. The largest absolute Gasteiger partial charge is 0.488 e. The summed E-state index contributed by atoms with van der Waals surface area (Å²) in [6, 6.07) is 5.54. The highest BCUT2D eigenvalue weighted by Gasteiger charge is 2.52. The predicted molar refractivity (Wildman–Crippen MR) is 104 cm³/mol. The van der Waals surface area contributed by atoms with E-state index in [0.29, 0.717) is 31.1 Å². The lowest BCUT2D eigenvalue weighted by Crippen LogP contribution is -2.50. The third-order valence-electron chi connectivity index (χ3n) is 5.46. The summed E-state index contributed by atoms with van der Waals surface area (Å²) < 4.78 is 11.9. The van der Waals surface area contributed by atoms with Crippen molar-refractivity contribution < 1.29 is 19.1 Å². The Morgan fingerprint density at radius 3 is 3.04 bits per heavy atom. The van der Waals surface area contributed by atoms with E-state index in [2.05, 4.69) is 32.2 Å². The summed E-state index contributed by atoms with van der Waals surface area (Å²) in [6.45, 7) is 6.92. The molecule has 146 valence electrons. The Labute approximate surface area is 164 Å². The average molecular weight is 391 g/mol. The van der Waals surface area contributed by atoms with Crippen molar-refractivity contribution in [3.63, 3.8) is 0 Å². The number of nitrogens with one attached hydrogen (secondary N) is 1. The van der Waals surface area contributed by atoms with Gasteiger partial charge in [0, 0.05) is 24.2 Å². The Kier molecular flexibility index (Phi) is 4.53. The Morgan fingerprint density at radius 2 is 2.22 bits per heavy atom. The summed E-state index contributed by atoms with van der Waals surface area (Å²) in [4.78, 5) is 26.3. The number of ether oxygens (including phenoxy) is 2. The number of para-hydroxylation sites is 1. The van der Waals surface area contributed by atoms with Gasteiger partial charge in [-0.15, -0.1) is 11.8 Å². The number of carbonyl (C=O) groups is 2. The average Bonchev–Trinajstić information content (AvgIpc) is 3.21. The van der Waals surface area contributed by atoms with Gasteiger partial charge in [0.1, 0.15) is 18.2 Å². The fourth-order valence-electron chi connectivity index (χ4n) is 4.17. The zero-order chi connectivity index (χ0) is 19.2. The van der Waals surface area contributed by atoms with Gasteiger partial charge >= 0.3 is 0 Å². The van der Waals surface area contributed by atoms with Crippen LogP contribution in [0.4, 0.5) is 0 Å². The second-order valence-electron chi connectivity index (χ2n) is 8.19. The molecule has 4 rings (SSSR count). The minimum Gasteiger partial charge on any atom is -0.488 e. The van der Waals surface area contributed by atoms with Gasteiger partial charge in [0.05, 0.1) is 11.4 Å². The second kappa shape index (κ2) is 6.62. The summed E-state index contributed by atoms with van der Waals surface area (Å²) in [5, 5.41) is 2.92. The number of hydrogen-bond acceptors (Lipinski definition) is 5. The Balaban J connectivity index is 1.30. The maximum Gasteiger partial charge on any atom is 0.243 e. The standard InChI is InChI=1S/C20H26N2O4S/c1-19(2)11-13-5-4-6-15(17(13)26-19)25-10-9-21-18(24)14-12-27-20(3)8-7-16(23)22(14)20/h4-6,14H,7-12H2,1-3H3,(H,21,24)/t14-,20+/m0/s1. The molecule has 7 heteroatoms. The monoisotopic (exact) mass is 390 g/mol. The van der Waals surface area contributed by atoms with Gasteiger partial charge < -0.3 is 19.7 Å². The number of amides is 2. The van der Waals surface area contributed by atoms with Gasteiger partial charge in [-0.1, -0.05) is 12.1 Å². The van der Waals surface area contributed by atoms with E-state index < -0.39 is 0 Å². The number of fused-ring (bicyclic) bond motifs is 2. The first kappa shape index (κ1) is 18.5. The quantitative estimate of drug-likeness (QED) is 0.782. The zero-order valence-corrected chi connectivity index (χ0v) is 16.9. The summed E-state index contributed by atoms with van der Waals surface area (Å²) in [7, 11) is 0. The molecule has 0 radical (unpaired) electrons. The van der Waals surface area contributed by atoms with Gasteiger partial charge in [-0.05, 0) is 33.3 Å². The van der Waals surface area contributed by atoms with Crippen LogP contribution in [0.15, 0.2) is 18.2 Å². The smallest absolute Gasteiger partial charge is 0.243 e. The van der Waals surface area contributed by atoms with E-state index in [1.54, 1.807) is 16.7 Å². The van der Waals surface area contributed by atoms with Crippen LogP contribution in [0.5, 0.6) is 11.5 Å². The normalized spacial score (nSPS) is 27.9. The number of nitrogens with zero attached hydrogens (tertiary/aromatic N) is 1. The van der Waals surface area contributed by atoms with Crippen LogP contribution in [0, 0.1) is 0 Å².